The predicted octanol–water partition coefficient (Wildman–Crippen LogP) is 4.57. The zero-order chi connectivity index (χ0) is 19.7. The summed E-state index contributed by atoms with van der Waals surface area (Å²) in [5.74, 6) is 1.27. The number of fused-ring (bicyclic) bond motifs is 1. The SMILES string of the molecule is COc1ccc(N2CSC3=C(C#N)[C@@H](c4ccc(Cl)cc4)CC(=O)N3C2)cc1. The number of nitrogens with zero attached hydrogens (tertiary/aromatic N) is 3. The van der Waals surface area contributed by atoms with Gasteiger partial charge in [0.1, 0.15) is 5.75 Å². The van der Waals surface area contributed by atoms with E-state index in [1.807, 2.05) is 36.4 Å². The molecule has 2 aromatic carbocycles. The van der Waals surface area contributed by atoms with Crippen molar-refractivity contribution in [2.45, 2.75) is 12.3 Å². The summed E-state index contributed by atoms with van der Waals surface area (Å²) in [6.45, 7) is 0.437. The molecule has 0 bridgehead atoms. The van der Waals surface area contributed by atoms with E-state index in [1.165, 1.54) is 11.8 Å². The number of hydrogen-bond acceptors (Lipinski definition) is 5. The number of anilines is 1. The number of rotatable bonds is 3. The Morgan fingerprint density at radius 1 is 1.18 bits per heavy atom. The van der Waals surface area contributed by atoms with Gasteiger partial charge in [0.15, 0.2) is 0 Å². The summed E-state index contributed by atoms with van der Waals surface area (Å²) >= 11 is 7.51. The maximum Gasteiger partial charge on any atom is 0.229 e. The van der Waals surface area contributed by atoms with Crippen LogP contribution in [0.25, 0.3) is 0 Å². The van der Waals surface area contributed by atoms with E-state index in [0.717, 1.165) is 22.0 Å². The van der Waals surface area contributed by atoms with E-state index in [1.54, 1.807) is 24.1 Å². The van der Waals surface area contributed by atoms with Crippen LogP contribution < -0.4 is 9.64 Å². The Hall–Kier alpha value is -2.62. The summed E-state index contributed by atoms with van der Waals surface area (Å²) in [4.78, 5) is 16.8. The number of benzene rings is 2. The molecule has 0 saturated carbocycles. The van der Waals surface area contributed by atoms with Crippen molar-refractivity contribution in [2.75, 3.05) is 24.6 Å². The smallest absolute Gasteiger partial charge is 0.229 e. The van der Waals surface area contributed by atoms with Crippen LogP contribution in [0.15, 0.2) is 59.1 Å². The lowest BCUT2D eigenvalue weighted by Gasteiger charge is -2.42. The van der Waals surface area contributed by atoms with Gasteiger partial charge in [-0.15, -0.1) is 0 Å². The number of hydrogen-bond donors (Lipinski definition) is 0. The number of thioether (sulfide) groups is 1. The van der Waals surface area contributed by atoms with E-state index in [0.29, 0.717) is 23.1 Å². The molecule has 2 aliphatic rings. The van der Waals surface area contributed by atoms with Gasteiger partial charge in [0.25, 0.3) is 0 Å². The number of ether oxygens (including phenoxy) is 1. The van der Waals surface area contributed by atoms with Gasteiger partial charge in [-0.25, -0.2) is 0 Å². The van der Waals surface area contributed by atoms with Gasteiger partial charge in [-0.05, 0) is 42.0 Å². The van der Waals surface area contributed by atoms with Crippen LogP contribution in [0.2, 0.25) is 5.02 Å². The number of methoxy groups -OCH3 is 1. The van der Waals surface area contributed by atoms with Crippen LogP contribution in [0.5, 0.6) is 5.75 Å². The van der Waals surface area contributed by atoms with Crippen molar-refractivity contribution in [2.24, 2.45) is 0 Å². The standard InChI is InChI=1S/C21H18ClN3O2S/c1-27-17-8-6-16(7-9-17)24-12-25-20(26)10-18(14-2-4-15(22)5-3-14)19(11-23)21(25)28-13-24/h2-9,18H,10,12-13H2,1H3/t18-/m1/s1. The second kappa shape index (κ2) is 7.78. The molecule has 2 aromatic rings. The molecule has 0 spiro atoms. The fourth-order valence-corrected chi connectivity index (χ4v) is 4.79. The zero-order valence-corrected chi connectivity index (χ0v) is 16.8. The van der Waals surface area contributed by atoms with Gasteiger partial charge in [0, 0.05) is 23.0 Å². The van der Waals surface area contributed by atoms with Crippen LogP contribution in [0, 0.1) is 11.3 Å². The summed E-state index contributed by atoms with van der Waals surface area (Å²) in [6, 6.07) is 17.5. The van der Waals surface area contributed by atoms with E-state index in [2.05, 4.69) is 11.0 Å². The summed E-state index contributed by atoms with van der Waals surface area (Å²) in [7, 11) is 1.63. The molecule has 0 N–H and O–H groups in total. The Bertz CT molecular complexity index is 967. The molecular weight excluding hydrogens is 394 g/mol. The van der Waals surface area contributed by atoms with Crippen LogP contribution >= 0.6 is 23.4 Å². The fraction of sp³-hybridized carbons (Fsp3) is 0.238. The van der Waals surface area contributed by atoms with E-state index in [9.17, 15) is 10.1 Å². The molecule has 2 aliphatic heterocycles. The Labute approximate surface area is 173 Å². The molecule has 2 heterocycles. The number of carbonyl (C=O) groups is 1. The summed E-state index contributed by atoms with van der Waals surface area (Å²) in [6.07, 6.45) is 0.283. The third kappa shape index (κ3) is 3.44. The molecule has 28 heavy (non-hydrogen) atoms. The third-order valence-electron chi connectivity index (χ3n) is 5.00. The minimum absolute atomic E-state index is 0.0275. The topological polar surface area (TPSA) is 56.6 Å². The van der Waals surface area contributed by atoms with Crippen molar-refractivity contribution in [1.29, 1.82) is 5.26 Å². The molecule has 1 saturated heterocycles. The monoisotopic (exact) mass is 411 g/mol. The number of nitriles is 1. The number of halogens is 1. The highest BCUT2D eigenvalue weighted by Gasteiger charge is 2.38. The minimum Gasteiger partial charge on any atom is -0.497 e. The second-order valence-electron chi connectivity index (χ2n) is 6.61. The number of amides is 1. The quantitative estimate of drug-likeness (QED) is 0.740. The second-order valence-corrected chi connectivity index (χ2v) is 7.98. The summed E-state index contributed by atoms with van der Waals surface area (Å²) < 4.78 is 5.21. The van der Waals surface area contributed by atoms with Crippen LogP contribution in [-0.2, 0) is 4.79 Å². The lowest BCUT2D eigenvalue weighted by atomic mass is 9.86. The first-order valence-corrected chi connectivity index (χ1v) is 10.2. The minimum atomic E-state index is -0.221. The fourth-order valence-electron chi connectivity index (χ4n) is 3.50. The molecule has 0 aliphatic carbocycles. The molecule has 142 valence electrons. The van der Waals surface area contributed by atoms with Gasteiger partial charge in [-0.2, -0.15) is 5.26 Å². The third-order valence-corrected chi connectivity index (χ3v) is 6.41. The first-order valence-electron chi connectivity index (χ1n) is 8.82. The van der Waals surface area contributed by atoms with Crippen molar-refractivity contribution >= 4 is 35.0 Å². The average Bonchev–Trinajstić information content (AvgIpc) is 2.74. The molecular formula is C21H18ClN3O2S. The van der Waals surface area contributed by atoms with E-state index < -0.39 is 0 Å². The molecule has 0 radical (unpaired) electrons. The first-order chi connectivity index (χ1) is 13.6. The van der Waals surface area contributed by atoms with Crippen molar-refractivity contribution < 1.29 is 9.53 Å². The van der Waals surface area contributed by atoms with Gasteiger partial charge in [-0.1, -0.05) is 35.5 Å². The maximum atomic E-state index is 12.9. The van der Waals surface area contributed by atoms with Gasteiger partial charge in [0.2, 0.25) is 5.91 Å². The molecule has 0 unspecified atom stereocenters. The largest absolute Gasteiger partial charge is 0.497 e. The van der Waals surface area contributed by atoms with Crippen molar-refractivity contribution in [1.82, 2.24) is 4.90 Å². The highest BCUT2D eigenvalue weighted by Crippen LogP contribution is 2.43. The van der Waals surface area contributed by atoms with Crippen molar-refractivity contribution in [3.8, 4) is 11.8 Å². The number of allylic oxidation sites excluding steroid dienone is 1. The molecule has 1 amide bonds. The van der Waals surface area contributed by atoms with Crippen LogP contribution in [-0.4, -0.2) is 30.5 Å². The highest BCUT2D eigenvalue weighted by atomic mass is 35.5. The molecule has 1 atom stereocenters. The molecule has 1 fully saturated rings. The Morgan fingerprint density at radius 3 is 2.54 bits per heavy atom. The maximum absolute atomic E-state index is 12.9. The summed E-state index contributed by atoms with van der Waals surface area (Å²) in [5, 5.41) is 11.2. The normalized spacial score (nSPS) is 19.3. The lowest BCUT2D eigenvalue weighted by Crippen LogP contribution is -2.47. The number of carbonyl (C=O) groups excluding carboxylic acids is 1. The zero-order valence-electron chi connectivity index (χ0n) is 15.3. The lowest BCUT2D eigenvalue weighted by molar-refractivity contribution is -0.129. The van der Waals surface area contributed by atoms with Crippen molar-refractivity contribution in [3.63, 3.8) is 0 Å². The van der Waals surface area contributed by atoms with Gasteiger partial charge in [-0.3, -0.25) is 9.69 Å². The van der Waals surface area contributed by atoms with E-state index in [4.69, 9.17) is 16.3 Å². The molecule has 7 heteroatoms. The van der Waals surface area contributed by atoms with E-state index >= 15 is 0 Å². The van der Waals surface area contributed by atoms with Crippen LogP contribution in [0.1, 0.15) is 17.9 Å². The molecule has 5 nitrogen and oxygen atoms in total. The van der Waals surface area contributed by atoms with Gasteiger partial charge in [0.05, 0.1) is 36.3 Å². The Balaban J connectivity index is 1.62. The summed E-state index contributed by atoms with van der Waals surface area (Å²) in [5.41, 5.74) is 2.61. The van der Waals surface area contributed by atoms with Gasteiger partial charge >= 0.3 is 0 Å². The molecule has 0 aromatic heterocycles. The Kier molecular flexibility index (Phi) is 5.21. The molecule has 4 rings (SSSR count). The highest BCUT2D eigenvalue weighted by molar-refractivity contribution is 8.03. The van der Waals surface area contributed by atoms with Crippen molar-refractivity contribution in [3.05, 3.63) is 69.7 Å². The van der Waals surface area contributed by atoms with Crippen LogP contribution in [0.3, 0.4) is 0 Å². The average molecular weight is 412 g/mol. The van der Waals surface area contributed by atoms with E-state index in [-0.39, 0.29) is 18.2 Å². The Morgan fingerprint density at radius 2 is 1.89 bits per heavy atom. The predicted molar refractivity (Wildman–Crippen MR) is 111 cm³/mol. The van der Waals surface area contributed by atoms with Crippen LogP contribution in [0.4, 0.5) is 5.69 Å². The van der Waals surface area contributed by atoms with Gasteiger partial charge < -0.3 is 9.64 Å². The first kappa shape index (κ1) is 18.7.